The number of aromatic nitrogens is 2. The summed E-state index contributed by atoms with van der Waals surface area (Å²) in [6.07, 6.45) is 2.66. The van der Waals surface area contributed by atoms with Crippen LogP contribution in [0.1, 0.15) is 21.5 Å². The Balaban J connectivity index is 1.36. The Morgan fingerprint density at radius 2 is 1.82 bits per heavy atom. The van der Waals surface area contributed by atoms with Gasteiger partial charge in [0.15, 0.2) is 11.5 Å². The van der Waals surface area contributed by atoms with Crippen molar-refractivity contribution in [2.75, 3.05) is 31.2 Å². The Morgan fingerprint density at radius 1 is 1.05 bits per heavy atom. The van der Waals surface area contributed by atoms with E-state index in [9.17, 15) is 22.7 Å². The molecule has 2 aromatic carbocycles. The number of nitrogens with zero attached hydrogens (tertiary/aromatic N) is 4. The van der Waals surface area contributed by atoms with Gasteiger partial charge in [-0.2, -0.15) is 8.42 Å². The highest BCUT2D eigenvalue weighted by Crippen LogP contribution is 2.44. The smallest absolute Gasteiger partial charge is 0.340 e. The van der Waals surface area contributed by atoms with Crippen molar-refractivity contribution in [3.63, 3.8) is 0 Å². The average molecular weight is 551 g/mol. The maximum Gasteiger partial charge on any atom is 0.340 e. The van der Waals surface area contributed by atoms with Crippen LogP contribution in [0.25, 0.3) is 10.9 Å². The maximum atomic E-state index is 13.4. The summed E-state index contributed by atoms with van der Waals surface area (Å²) in [5.74, 6) is -0.734. The van der Waals surface area contributed by atoms with Crippen molar-refractivity contribution < 1.29 is 31.6 Å². The van der Waals surface area contributed by atoms with Gasteiger partial charge in [0.1, 0.15) is 22.0 Å². The Kier molecular flexibility index (Phi) is 6.28. The molecule has 200 valence electrons. The van der Waals surface area contributed by atoms with Gasteiger partial charge in [0.25, 0.3) is 5.91 Å². The average Bonchev–Trinajstić information content (AvgIpc) is 3.28. The topological polar surface area (TPSA) is 122 Å². The fraction of sp³-hybridized carbons (Fsp3) is 0.222. The molecule has 12 heteroatoms. The van der Waals surface area contributed by atoms with E-state index in [0.29, 0.717) is 37.7 Å². The van der Waals surface area contributed by atoms with Gasteiger partial charge in [-0.15, -0.1) is 0 Å². The van der Waals surface area contributed by atoms with Gasteiger partial charge in [-0.25, -0.2) is 9.37 Å². The van der Waals surface area contributed by atoms with Crippen LogP contribution >= 0.6 is 0 Å². The van der Waals surface area contributed by atoms with E-state index in [4.69, 9.17) is 8.92 Å². The van der Waals surface area contributed by atoms with Crippen LogP contribution in [-0.2, 0) is 27.9 Å². The van der Waals surface area contributed by atoms with Crippen LogP contribution in [0.3, 0.4) is 0 Å². The second kappa shape index (κ2) is 9.79. The van der Waals surface area contributed by atoms with Gasteiger partial charge in [0, 0.05) is 36.8 Å². The van der Waals surface area contributed by atoms with Crippen molar-refractivity contribution in [2.24, 2.45) is 0 Å². The quantitative estimate of drug-likeness (QED) is 0.361. The highest BCUT2D eigenvalue weighted by atomic mass is 32.2. The number of fused-ring (bicyclic) bond motifs is 2. The number of carbonyl (C=O) groups excluding carboxylic acids is 1. The number of carbonyl (C=O) groups is 1. The monoisotopic (exact) mass is 550 g/mol. The van der Waals surface area contributed by atoms with Gasteiger partial charge in [0.05, 0.1) is 31.5 Å². The Labute approximate surface area is 223 Å². The van der Waals surface area contributed by atoms with Crippen LogP contribution < -0.4 is 9.08 Å². The van der Waals surface area contributed by atoms with E-state index in [1.165, 1.54) is 35.5 Å². The Hall–Kier alpha value is -4.29. The van der Waals surface area contributed by atoms with E-state index in [0.717, 1.165) is 0 Å². The predicted molar refractivity (Wildman–Crippen MR) is 138 cm³/mol. The first kappa shape index (κ1) is 25.0. The van der Waals surface area contributed by atoms with Crippen molar-refractivity contribution in [2.45, 2.75) is 18.0 Å². The molecule has 10 nitrogen and oxygen atoms in total. The number of pyridine rings is 2. The van der Waals surface area contributed by atoms with E-state index in [1.807, 2.05) is 4.90 Å². The molecule has 39 heavy (non-hydrogen) atoms. The number of aromatic hydroxyl groups is 1. The lowest BCUT2D eigenvalue weighted by molar-refractivity contribution is 0.0764. The summed E-state index contributed by atoms with van der Waals surface area (Å²) in [6.45, 7) is 2.52. The molecule has 0 atom stereocenters. The Morgan fingerprint density at radius 3 is 2.54 bits per heavy atom. The maximum absolute atomic E-state index is 13.4. The van der Waals surface area contributed by atoms with Gasteiger partial charge in [-0.3, -0.25) is 9.78 Å². The van der Waals surface area contributed by atoms with E-state index in [-0.39, 0.29) is 51.5 Å². The number of hydrogen-bond donors (Lipinski definition) is 1. The molecule has 4 heterocycles. The van der Waals surface area contributed by atoms with E-state index in [1.54, 1.807) is 30.3 Å². The van der Waals surface area contributed by atoms with Crippen molar-refractivity contribution in [3.05, 3.63) is 83.4 Å². The highest BCUT2D eigenvalue weighted by Gasteiger charge is 2.37. The number of phenolic OH excluding ortho intramolecular Hbond substituents is 1. The van der Waals surface area contributed by atoms with Crippen LogP contribution in [0.4, 0.5) is 10.2 Å². The number of anilines is 1. The zero-order chi connectivity index (χ0) is 27.1. The zero-order valence-electron chi connectivity index (χ0n) is 20.6. The number of benzene rings is 2. The molecule has 2 aliphatic rings. The van der Waals surface area contributed by atoms with Gasteiger partial charge in [-0.1, -0.05) is 12.1 Å². The van der Waals surface area contributed by atoms with Crippen LogP contribution in [0.15, 0.2) is 65.8 Å². The molecule has 0 aliphatic carbocycles. The molecule has 0 unspecified atom stereocenters. The number of hydrogen-bond acceptors (Lipinski definition) is 9. The molecule has 0 radical (unpaired) electrons. The first-order chi connectivity index (χ1) is 18.8. The molecule has 4 aromatic rings. The van der Waals surface area contributed by atoms with E-state index < -0.39 is 21.8 Å². The predicted octanol–water partition coefficient (Wildman–Crippen LogP) is 3.23. The number of amides is 1. The lowest BCUT2D eigenvalue weighted by Crippen LogP contribution is -2.36. The van der Waals surface area contributed by atoms with Gasteiger partial charge in [-0.05, 0) is 42.0 Å². The molecule has 2 aromatic heterocycles. The normalized spacial score (nSPS) is 15.6. The standard InChI is InChI=1S/C27H23FN4O6S/c28-18-5-3-17(4-6-18)15-32-16-21-23(27(32)34)25(33)24-20(2-1-9-29-24)26(21)38-39(35,36)19-7-8-22(30-14-19)31-10-12-37-13-11-31/h1-9,14,33H,10-13,15-16H2. The fourth-order valence-electron chi connectivity index (χ4n) is 4.81. The van der Waals surface area contributed by atoms with E-state index >= 15 is 0 Å². The van der Waals surface area contributed by atoms with Crippen molar-refractivity contribution in [1.29, 1.82) is 0 Å². The summed E-state index contributed by atoms with van der Waals surface area (Å²) < 4.78 is 51.2. The van der Waals surface area contributed by atoms with Crippen LogP contribution in [0.2, 0.25) is 0 Å². The van der Waals surface area contributed by atoms with Crippen molar-refractivity contribution >= 4 is 32.7 Å². The molecular weight excluding hydrogens is 527 g/mol. The lowest BCUT2D eigenvalue weighted by atomic mass is 10.0. The third kappa shape index (κ3) is 4.61. The SMILES string of the molecule is O=C1c2c(c(OS(=O)(=O)c3ccc(N4CCOCC4)nc3)c3cccnc3c2O)CN1Cc1ccc(F)cc1. The molecule has 1 fully saturated rings. The number of rotatable bonds is 6. The van der Waals surface area contributed by atoms with Crippen molar-refractivity contribution in [1.82, 2.24) is 14.9 Å². The molecule has 1 N–H and O–H groups in total. The lowest BCUT2D eigenvalue weighted by Gasteiger charge is -2.27. The Bertz CT molecular complexity index is 1670. The number of ether oxygens (including phenoxy) is 1. The summed E-state index contributed by atoms with van der Waals surface area (Å²) in [7, 11) is -4.37. The number of phenols is 1. The molecule has 1 saturated heterocycles. The molecule has 0 bridgehead atoms. The minimum absolute atomic E-state index is 0.0248. The molecule has 1 amide bonds. The van der Waals surface area contributed by atoms with Crippen LogP contribution in [0.5, 0.6) is 11.5 Å². The summed E-state index contributed by atoms with van der Waals surface area (Å²) in [5, 5.41) is 11.2. The van der Waals surface area contributed by atoms with Crippen LogP contribution in [0, 0.1) is 5.82 Å². The second-order valence-electron chi connectivity index (χ2n) is 9.21. The van der Waals surface area contributed by atoms with Crippen molar-refractivity contribution in [3.8, 4) is 11.5 Å². The zero-order valence-corrected chi connectivity index (χ0v) is 21.4. The van der Waals surface area contributed by atoms with Crippen LogP contribution in [-0.4, -0.2) is 60.6 Å². The molecular formula is C27H23FN4O6S. The number of morpholine rings is 1. The van der Waals surface area contributed by atoms with E-state index in [2.05, 4.69) is 9.97 Å². The first-order valence-electron chi connectivity index (χ1n) is 12.2. The molecule has 0 saturated carbocycles. The first-order valence-corrected chi connectivity index (χ1v) is 13.6. The number of halogens is 1. The summed E-state index contributed by atoms with van der Waals surface area (Å²) >= 11 is 0. The second-order valence-corrected chi connectivity index (χ2v) is 10.8. The minimum atomic E-state index is -4.37. The summed E-state index contributed by atoms with van der Waals surface area (Å²) in [4.78, 5) is 25.1. The summed E-state index contributed by atoms with van der Waals surface area (Å²) in [6, 6.07) is 11.9. The minimum Gasteiger partial charge on any atom is -0.505 e. The molecule has 6 rings (SSSR count). The van der Waals surface area contributed by atoms with Gasteiger partial charge < -0.3 is 23.8 Å². The molecule has 0 spiro atoms. The third-order valence-electron chi connectivity index (χ3n) is 6.76. The van der Waals surface area contributed by atoms with Gasteiger partial charge >= 0.3 is 10.1 Å². The third-order valence-corrected chi connectivity index (χ3v) is 7.97. The highest BCUT2D eigenvalue weighted by molar-refractivity contribution is 7.87. The summed E-state index contributed by atoms with van der Waals surface area (Å²) in [5.41, 5.74) is 0.858. The van der Waals surface area contributed by atoms with Gasteiger partial charge in [0.2, 0.25) is 0 Å². The molecule has 2 aliphatic heterocycles. The largest absolute Gasteiger partial charge is 0.505 e. The fourth-order valence-corrected chi connectivity index (χ4v) is 5.73.